The molecule has 2 heteroatoms. The highest BCUT2D eigenvalue weighted by molar-refractivity contribution is 5.83. The molecule has 0 N–H and O–H groups in total. The van der Waals surface area contributed by atoms with E-state index in [1.165, 1.54) is 29.7 Å². The fourth-order valence-electron chi connectivity index (χ4n) is 3.59. The summed E-state index contributed by atoms with van der Waals surface area (Å²) < 4.78 is 0. The van der Waals surface area contributed by atoms with Crippen LogP contribution in [0.15, 0.2) is 18.2 Å². The highest BCUT2D eigenvalue weighted by Crippen LogP contribution is 2.38. The number of Topliss-reactive ketones (excluding diaryl/α,β-unsaturated/α-hetero) is 1. The third kappa shape index (κ3) is 1.84. The van der Waals surface area contributed by atoms with Crippen LogP contribution in [0.1, 0.15) is 43.7 Å². The van der Waals surface area contributed by atoms with E-state index in [1.54, 1.807) is 0 Å². The van der Waals surface area contributed by atoms with Crippen molar-refractivity contribution in [1.29, 1.82) is 0 Å². The van der Waals surface area contributed by atoms with E-state index < -0.39 is 0 Å². The third-order valence-corrected chi connectivity index (χ3v) is 4.56. The predicted molar refractivity (Wildman–Crippen MR) is 74.1 cm³/mol. The van der Waals surface area contributed by atoms with Gasteiger partial charge in [0.15, 0.2) is 0 Å². The second-order valence-electron chi connectivity index (χ2n) is 5.70. The number of hydrogen-bond donors (Lipinski definition) is 0. The Bertz CT molecular complexity index is 464. The number of anilines is 1. The summed E-state index contributed by atoms with van der Waals surface area (Å²) in [5.74, 6) is 0.460. The maximum atomic E-state index is 11.7. The van der Waals surface area contributed by atoms with E-state index in [0.29, 0.717) is 17.9 Å². The predicted octanol–water partition coefficient (Wildman–Crippen LogP) is 3.26. The molecule has 2 saturated heterocycles. The van der Waals surface area contributed by atoms with Gasteiger partial charge in [0.05, 0.1) is 0 Å². The average Bonchev–Trinajstić information content (AvgIpc) is 2.63. The van der Waals surface area contributed by atoms with E-state index >= 15 is 0 Å². The first kappa shape index (κ1) is 11.8. The van der Waals surface area contributed by atoms with Gasteiger partial charge in [0.1, 0.15) is 5.78 Å². The van der Waals surface area contributed by atoms with Crippen LogP contribution in [0.5, 0.6) is 0 Å². The average molecular weight is 243 g/mol. The first-order valence-electron chi connectivity index (χ1n) is 7.08. The Morgan fingerprint density at radius 1 is 1.22 bits per heavy atom. The Morgan fingerprint density at radius 3 is 2.50 bits per heavy atom. The molecule has 0 radical (unpaired) electrons. The molecule has 0 saturated carbocycles. The topological polar surface area (TPSA) is 20.3 Å². The smallest absolute Gasteiger partial charge is 0.137 e. The molecule has 96 valence electrons. The normalized spacial score (nSPS) is 26.8. The first-order valence-corrected chi connectivity index (χ1v) is 7.08. The van der Waals surface area contributed by atoms with Crippen LogP contribution in [0, 0.1) is 6.92 Å². The van der Waals surface area contributed by atoms with Gasteiger partial charge < -0.3 is 4.90 Å². The number of hydrogen-bond acceptors (Lipinski definition) is 2. The van der Waals surface area contributed by atoms with Crippen LogP contribution < -0.4 is 4.90 Å². The van der Waals surface area contributed by atoms with Crippen molar-refractivity contribution in [2.45, 2.75) is 58.0 Å². The van der Waals surface area contributed by atoms with Gasteiger partial charge in [-0.3, -0.25) is 4.79 Å². The summed E-state index contributed by atoms with van der Waals surface area (Å²) in [5, 5.41) is 0. The summed E-state index contributed by atoms with van der Waals surface area (Å²) in [4.78, 5) is 14.2. The molecule has 2 unspecified atom stereocenters. The molecule has 3 rings (SSSR count). The van der Waals surface area contributed by atoms with Crippen LogP contribution in [0.3, 0.4) is 0 Å². The lowest BCUT2D eigenvalue weighted by Crippen LogP contribution is -2.43. The lowest BCUT2D eigenvalue weighted by Gasteiger charge is -2.36. The van der Waals surface area contributed by atoms with Crippen LogP contribution >= 0.6 is 0 Å². The van der Waals surface area contributed by atoms with Gasteiger partial charge in [-0.1, -0.05) is 13.0 Å². The molecule has 0 spiro atoms. The van der Waals surface area contributed by atoms with Crippen molar-refractivity contribution < 1.29 is 4.79 Å². The fraction of sp³-hybridized carbons (Fsp3) is 0.562. The minimum Gasteiger partial charge on any atom is -0.365 e. The number of fused-ring (bicyclic) bond motifs is 2. The second kappa shape index (κ2) is 4.42. The van der Waals surface area contributed by atoms with Crippen molar-refractivity contribution in [3.8, 4) is 0 Å². The number of piperidine rings is 1. The van der Waals surface area contributed by atoms with Crippen molar-refractivity contribution in [1.82, 2.24) is 0 Å². The van der Waals surface area contributed by atoms with Gasteiger partial charge in [-0.25, -0.2) is 0 Å². The number of carbonyl (C=O) groups excluding carboxylic acids is 1. The van der Waals surface area contributed by atoms with Crippen molar-refractivity contribution in [2.24, 2.45) is 0 Å². The SMILES string of the molecule is CCc1cc(N2C3CCC2CC(=O)C3)ccc1C. The van der Waals surface area contributed by atoms with Gasteiger partial charge in [0.2, 0.25) is 0 Å². The quantitative estimate of drug-likeness (QED) is 0.794. The molecule has 2 fully saturated rings. The standard InChI is InChI=1S/C16H21NO/c1-3-12-8-13(5-4-11(12)2)17-14-6-7-15(17)10-16(18)9-14/h4-5,8,14-15H,3,6-7,9-10H2,1-2H3. The zero-order chi connectivity index (χ0) is 12.7. The molecule has 0 amide bonds. The molecule has 1 aromatic carbocycles. The Labute approximate surface area is 109 Å². The van der Waals surface area contributed by atoms with E-state index in [4.69, 9.17) is 0 Å². The van der Waals surface area contributed by atoms with Crippen LogP contribution in [0.4, 0.5) is 5.69 Å². The summed E-state index contributed by atoms with van der Waals surface area (Å²) in [7, 11) is 0. The zero-order valence-corrected chi connectivity index (χ0v) is 11.3. The molecule has 2 atom stereocenters. The maximum Gasteiger partial charge on any atom is 0.137 e. The summed E-state index contributed by atoms with van der Waals surface area (Å²) in [6, 6.07) is 7.71. The van der Waals surface area contributed by atoms with Gasteiger partial charge in [0, 0.05) is 30.6 Å². The van der Waals surface area contributed by atoms with E-state index in [2.05, 4.69) is 36.9 Å². The molecule has 0 aliphatic carbocycles. The molecule has 1 aromatic rings. The second-order valence-corrected chi connectivity index (χ2v) is 5.70. The lowest BCUT2D eigenvalue weighted by molar-refractivity contribution is -0.120. The van der Waals surface area contributed by atoms with Gasteiger partial charge in [-0.2, -0.15) is 0 Å². The fourth-order valence-corrected chi connectivity index (χ4v) is 3.59. The van der Waals surface area contributed by atoms with Crippen molar-refractivity contribution in [2.75, 3.05) is 4.90 Å². The van der Waals surface area contributed by atoms with E-state index in [-0.39, 0.29) is 0 Å². The van der Waals surface area contributed by atoms with Crippen molar-refractivity contribution >= 4 is 11.5 Å². The van der Waals surface area contributed by atoms with Crippen LogP contribution in [0.2, 0.25) is 0 Å². The van der Waals surface area contributed by atoms with Crippen LogP contribution in [-0.2, 0) is 11.2 Å². The summed E-state index contributed by atoms with van der Waals surface area (Å²) >= 11 is 0. The molecule has 18 heavy (non-hydrogen) atoms. The summed E-state index contributed by atoms with van der Waals surface area (Å²) in [6.07, 6.45) is 4.97. The molecule has 2 aliphatic heterocycles. The number of rotatable bonds is 2. The van der Waals surface area contributed by atoms with Gasteiger partial charge in [-0.05, 0) is 49.4 Å². The molecule has 0 aromatic heterocycles. The molecule has 2 nitrogen and oxygen atoms in total. The van der Waals surface area contributed by atoms with Gasteiger partial charge in [-0.15, -0.1) is 0 Å². The van der Waals surface area contributed by atoms with Crippen LogP contribution in [0.25, 0.3) is 0 Å². The number of ketones is 1. The van der Waals surface area contributed by atoms with Gasteiger partial charge >= 0.3 is 0 Å². The minimum absolute atomic E-state index is 0.460. The van der Waals surface area contributed by atoms with Crippen LogP contribution in [-0.4, -0.2) is 17.9 Å². The first-order chi connectivity index (χ1) is 8.69. The monoisotopic (exact) mass is 243 g/mol. The molecule has 2 bridgehead atoms. The number of nitrogens with zero attached hydrogens (tertiary/aromatic N) is 1. The Balaban J connectivity index is 1.93. The number of aryl methyl sites for hydroxylation is 2. The largest absolute Gasteiger partial charge is 0.365 e. The number of carbonyl (C=O) groups is 1. The number of benzene rings is 1. The van der Waals surface area contributed by atoms with E-state index in [9.17, 15) is 4.79 Å². The van der Waals surface area contributed by atoms with Gasteiger partial charge in [0.25, 0.3) is 0 Å². The Hall–Kier alpha value is -1.31. The molecular formula is C16H21NO. The summed E-state index contributed by atoms with van der Waals surface area (Å²) in [5.41, 5.74) is 4.14. The highest BCUT2D eigenvalue weighted by atomic mass is 16.1. The van der Waals surface area contributed by atoms with E-state index in [0.717, 1.165) is 19.3 Å². The minimum atomic E-state index is 0.460. The zero-order valence-electron chi connectivity index (χ0n) is 11.3. The Morgan fingerprint density at radius 2 is 1.89 bits per heavy atom. The van der Waals surface area contributed by atoms with Crippen molar-refractivity contribution in [3.05, 3.63) is 29.3 Å². The molecule has 2 heterocycles. The summed E-state index contributed by atoms with van der Waals surface area (Å²) in [6.45, 7) is 4.39. The third-order valence-electron chi connectivity index (χ3n) is 4.56. The van der Waals surface area contributed by atoms with E-state index in [1.807, 2.05) is 0 Å². The maximum absolute atomic E-state index is 11.7. The molecule has 2 aliphatic rings. The highest BCUT2D eigenvalue weighted by Gasteiger charge is 2.40. The van der Waals surface area contributed by atoms with Crippen molar-refractivity contribution in [3.63, 3.8) is 0 Å². The molecular weight excluding hydrogens is 222 g/mol. The Kier molecular flexibility index (Phi) is 2.89. The lowest BCUT2D eigenvalue weighted by atomic mass is 9.98.